The predicted molar refractivity (Wildman–Crippen MR) is 140 cm³/mol. The highest BCUT2D eigenvalue weighted by Gasteiger charge is 2.23. The van der Waals surface area contributed by atoms with E-state index in [4.69, 9.17) is 0 Å². The van der Waals surface area contributed by atoms with Crippen molar-refractivity contribution in [3.63, 3.8) is 0 Å². The first-order chi connectivity index (χ1) is 16.6. The van der Waals surface area contributed by atoms with Gasteiger partial charge in [0.15, 0.2) is 0 Å². The number of fused-ring (bicyclic) bond motifs is 2. The van der Waals surface area contributed by atoms with Gasteiger partial charge in [-0.15, -0.1) is 0 Å². The van der Waals surface area contributed by atoms with Crippen LogP contribution < -0.4 is 5.32 Å². The van der Waals surface area contributed by atoms with Gasteiger partial charge in [0, 0.05) is 60.7 Å². The number of piperidine rings is 1. The van der Waals surface area contributed by atoms with Gasteiger partial charge in [0.05, 0.1) is 17.6 Å². The Labute approximate surface area is 200 Å². The van der Waals surface area contributed by atoms with Gasteiger partial charge in [-0.1, -0.05) is 12.1 Å². The van der Waals surface area contributed by atoms with E-state index in [-0.39, 0.29) is 0 Å². The van der Waals surface area contributed by atoms with Gasteiger partial charge in [0.1, 0.15) is 0 Å². The van der Waals surface area contributed by atoms with Crippen LogP contribution in [0.4, 0.5) is 5.69 Å². The summed E-state index contributed by atoms with van der Waals surface area (Å²) in [5.74, 6) is 0. The molecule has 2 aromatic heterocycles. The standard InChI is InChI=1S/C28H30N6/c1-32-12-4-6-24(19-32)34-13-3-5-22(18-34)31-23-16-25(28-26(17-23)29-10-11-30-28)21-8-7-20-9-14-33(2)27(20)15-21/h3,5,7-11,13-17,24,31H,4,6,12,18-19H2,1-2H3. The minimum Gasteiger partial charge on any atom is -0.367 e. The monoisotopic (exact) mass is 450 g/mol. The molecule has 1 fully saturated rings. The number of rotatable bonds is 4. The van der Waals surface area contributed by atoms with E-state index >= 15 is 0 Å². The Kier molecular flexibility index (Phi) is 5.30. The average molecular weight is 451 g/mol. The van der Waals surface area contributed by atoms with Crippen molar-refractivity contribution in [2.75, 3.05) is 32.0 Å². The van der Waals surface area contributed by atoms with Crippen LogP contribution in [0, 0.1) is 0 Å². The van der Waals surface area contributed by atoms with E-state index in [9.17, 15) is 0 Å². The van der Waals surface area contributed by atoms with Crippen LogP contribution in [0.1, 0.15) is 12.8 Å². The highest BCUT2D eigenvalue weighted by Crippen LogP contribution is 2.33. The Bertz CT molecular complexity index is 1420. The lowest BCUT2D eigenvalue weighted by atomic mass is 10.0. The molecular weight excluding hydrogens is 420 g/mol. The van der Waals surface area contributed by atoms with E-state index in [1.807, 2.05) is 0 Å². The van der Waals surface area contributed by atoms with Crippen LogP contribution in [0.3, 0.4) is 0 Å². The first-order valence-electron chi connectivity index (χ1n) is 12.0. The van der Waals surface area contributed by atoms with Crippen LogP contribution in [0.5, 0.6) is 0 Å². The number of benzene rings is 2. The molecule has 172 valence electrons. The highest BCUT2D eigenvalue weighted by molar-refractivity contribution is 5.97. The zero-order valence-electron chi connectivity index (χ0n) is 19.8. The van der Waals surface area contributed by atoms with Crippen molar-refractivity contribution < 1.29 is 0 Å². The zero-order chi connectivity index (χ0) is 23.1. The van der Waals surface area contributed by atoms with Gasteiger partial charge in [-0.2, -0.15) is 0 Å². The van der Waals surface area contributed by atoms with Gasteiger partial charge in [-0.25, -0.2) is 0 Å². The average Bonchev–Trinajstić information content (AvgIpc) is 3.24. The van der Waals surface area contributed by atoms with Crippen molar-refractivity contribution in [2.45, 2.75) is 18.9 Å². The molecule has 1 saturated heterocycles. The fourth-order valence-electron chi connectivity index (χ4n) is 5.30. The van der Waals surface area contributed by atoms with Crippen molar-refractivity contribution in [3.8, 4) is 11.1 Å². The van der Waals surface area contributed by atoms with E-state index in [2.05, 4.69) is 105 Å². The first-order valence-corrected chi connectivity index (χ1v) is 12.0. The molecule has 4 heterocycles. The molecule has 6 heteroatoms. The number of hydrogen-bond donors (Lipinski definition) is 1. The van der Waals surface area contributed by atoms with Crippen LogP contribution in [-0.4, -0.2) is 57.1 Å². The Morgan fingerprint density at radius 2 is 1.94 bits per heavy atom. The third kappa shape index (κ3) is 3.94. The number of hydrogen-bond acceptors (Lipinski definition) is 5. The van der Waals surface area contributed by atoms with Crippen LogP contribution in [-0.2, 0) is 7.05 Å². The maximum atomic E-state index is 4.68. The Balaban J connectivity index is 1.33. The molecule has 0 spiro atoms. The number of likely N-dealkylation sites (tertiary alicyclic amines) is 1. The van der Waals surface area contributed by atoms with Gasteiger partial charge >= 0.3 is 0 Å². The number of allylic oxidation sites excluding steroid dienone is 2. The fourth-order valence-corrected chi connectivity index (χ4v) is 5.30. The second-order valence-electron chi connectivity index (χ2n) is 9.54. The summed E-state index contributed by atoms with van der Waals surface area (Å²) in [6.45, 7) is 3.21. The molecule has 4 aromatic rings. The first kappa shape index (κ1) is 20.9. The maximum absolute atomic E-state index is 4.68. The molecule has 0 amide bonds. The summed E-state index contributed by atoms with van der Waals surface area (Å²) in [6.07, 6.45) is 14.7. The largest absolute Gasteiger partial charge is 0.367 e. The molecule has 1 N–H and O–H groups in total. The molecule has 0 saturated carbocycles. The predicted octanol–water partition coefficient (Wildman–Crippen LogP) is 5.01. The second-order valence-corrected chi connectivity index (χ2v) is 9.54. The summed E-state index contributed by atoms with van der Waals surface area (Å²) in [5.41, 5.74) is 7.50. The lowest BCUT2D eigenvalue weighted by molar-refractivity contribution is 0.157. The summed E-state index contributed by atoms with van der Waals surface area (Å²) in [4.78, 5) is 14.2. The summed E-state index contributed by atoms with van der Waals surface area (Å²) in [6, 6.07) is 13.6. The fraction of sp³-hybridized carbons (Fsp3) is 0.286. The lowest BCUT2D eigenvalue weighted by Gasteiger charge is -2.39. The van der Waals surface area contributed by atoms with Crippen LogP contribution in [0.15, 0.2) is 79.0 Å². The van der Waals surface area contributed by atoms with Crippen LogP contribution >= 0.6 is 0 Å². The molecule has 0 radical (unpaired) electrons. The third-order valence-corrected chi connectivity index (χ3v) is 7.07. The summed E-state index contributed by atoms with van der Waals surface area (Å²) in [5, 5.41) is 4.93. The second kappa shape index (κ2) is 8.61. The van der Waals surface area contributed by atoms with Gasteiger partial charge in [-0.3, -0.25) is 9.97 Å². The van der Waals surface area contributed by atoms with Gasteiger partial charge in [-0.05, 0) is 80.0 Å². The molecule has 2 aliphatic heterocycles. The summed E-state index contributed by atoms with van der Waals surface area (Å²) in [7, 11) is 4.31. The quantitative estimate of drug-likeness (QED) is 0.474. The number of likely N-dealkylation sites (N-methyl/N-ethyl adjacent to an activating group) is 1. The minimum absolute atomic E-state index is 0.565. The normalized spacial score (nSPS) is 19.1. The molecular formula is C28H30N6. The summed E-state index contributed by atoms with van der Waals surface area (Å²) < 4.78 is 2.16. The molecule has 0 bridgehead atoms. The molecule has 1 atom stereocenters. The Hall–Kier alpha value is -3.64. The number of aryl methyl sites for hydroxylation is 1. The van der Waals surface area contributed by atoms with Crippen molar-refractivity contribution in [3.05, 3.63) is 79.0 Å². The SMILES string of the molecule is CN1CCCC(N2C=CC=C(Nc3cc(-c4ccc5ccn(C)c5c4)c4nccnc4c3)C2)C1. The van der Waals surface area contributed by atoms with Crippen molar-refractivity contribution >= 4 is 27.6 Å². The maximum Gasteiger partial charge on any atom is 0.0966 e. The van der Waals surface area contributed by atoms with Gasteiger partial charge < -0.3 is 19.7 Å². The minimum atomic E-state index is 0.565. The van der Waals surface area contributed by atoms with E-state index in [1.54, 1.807) is 12.4 Å². The van der Waals surface area contributed by atoms with Crippen molar-refractivity contribution in [1.29, 1.82) is 0 Å². The number of nitrogens with one attached hydrogen (secondary N) is 1. The van der Waals surface area contributed by atoms with E-state index in [0.29, 0.717) is 6.04 Å². The molecule has 0 aliphatic carbocycles. The topological polar surface area (TPSA) is 49.2 Å². The molecule has 6 nitrogen and oxygen atoms in total. The smallest absolute Gasteiger partial charge is 0.0966 e. The number of nitrogens with zero attached hydrogens (tertiary/aromatic N) is 5. The zero-order valence-corrected chi connectivity index (χ0v) is 19.8. The third-order valence-electron chi connectivity index (χ3n) is 7.07. The van der Waals surface area contributed by atoms with Crippen LogP contribution in [0.2, 0.25) is 0 Å². The van der Waals surface area contributed by atoms with E-state index < -0.39 is 0 Å². The van der Waals surface area contributed by atoms with Crippen LogP contribution in [0.25, 0.3) is 33.1 Å². The van der Waals surface area contributed by atoms with Gasteiger partial charge in [0.2, 0.25) is 0 Å². The Morgan fingerprint density at radius 3 is 2.85 bits per heavy atom. The summed E-state index contributed by atoms with van der Waals surface area (Å²) >= 11 is 0. The number of anilines is 1. The molecule has 2 aromatic carbocycles. The molecule has 34 heavy (non-hydrogen) atoms. The van der Waals surface area contributed by atoms with Crippen molar-refractivity contribution in [2.24, 2.45) is 7.05 Å². The highest BCUT2D eigenvalue weighted by atomic mass is 15.2. The van der Waals surface area contributed by atoms with Gasteiger partial charge in [0.25, 0.3) is 0 Å². The number of aromatic nitrogens is 3. The molecule has 6 rings (SSSR count). The molecule has 1 unspecified atom stereocenters. The van der Waals surface area contributed by atoms with E-state index in [1.165, 1.54) is 36.0 Å². The van der Waals surface area contributed by atoms with Crippen molar-refractivity contribution in [1.82, 2.24) is 24.3 Å². The van der Waals surface area contributed by atoms with E-state index in [0.717, 1.165) is 40.9 Å². The Morgan fingerprint density at radius 1 is 1.03 bits per heavy atom. The lowest BCUT2D eigenvalue weighted by Crippen LogP contribution is -2.45. The molecule has 2 aliphatic rings.